The van der Waals surface area contributed by atoms with Crippen LogP contribution in [-0.2, 0) is 6.61 Å². The zero-order valence-corrected chi connectivity index (χ0v) is 17.0. The summed E-state index contributed by atoms with van der Waals surface area (Å²) in [5, 5.41) is 3.68. The van der Waals surface area contributed by atoms with E-state index in [2.05, 4.69) is 5.32 Å². The maximum absolute atomic E-state index is 12.7. The third-order valence-electron chi connectivity index (χ3n) is 4.20. The SMILES string of the molecule is COc1ccc(C(=O)Nc2cc(Cl)ccc2Cl)cc1COc1ccccc1C. The number of rotatable bonds is 6. The predicted molar refractivity (Wildman–Crippen MR) is 113 cm³/mol. The van der Waals surface area contributed by atoms with E-state index in [-0.39, 0.29) is 12.5 Å². The van der Waals surface area contributed by atoms with Crippen LogP contribution < -0.4 is 14.8 Å². The Morgan fingerprint density at radius 2 is 1.79 bits per heavy atom. The summed E-state index contributed by atoms with van der Waals surface area (Å²) in [5.41, 5.74) is 2.70. The van der Waals surface area contributed by atoms with E-state index in [4.69, 9.17) is 32.7 Å². The van der Waals surface area contributed by atoms with Crippen LogP contribution in [0.2, 0.25) is 10.0 Å². The quantitative estimate of drug-likeness (QED) is 0.525. The number of ether oxygens (including phenoxy) is 2. The van der Waals surface area contributed by atoms with Gasteiger partial charge in [-0.15, -0.1) is 0 Å². The van der Waals surface area contributed by atoms with Crippen molar-refractivity contribution in [3.8, 4) is 11.5 Å². The molecule has 0 radical (unpaired) electrons. The summed E-state index contributed by atoms with van der Waals surface area (Å²) in [4.78, 5) is 12.7. The Morgan fingerprint density at radius 3 is 2.54 bits per heavy atom. The molecule has 28 heavy (non-hydrogen) atoms. The number of hydrogen-bond donors (Lipinski definition) is 1. The average Bonchev–Trinajstić information content (AvgIpc) is 2.70. The lowest BCUT2D eigenvalue weighted by molar-refractivity contribution is 0.102. The Kier molecular flexibility index (Phi) is 6.45. The fraction of sp³-hybridized carbons (Fsp3) is 0.136. The van der Waals surface area contributed by atoms with Gasteiger partial charge in [-0.05, 0) is 55.0 Å². The van der Waals surface area contributed by atoms with Crippen molar-refractivity contribution in [3.63, 3.8) is 0 Å². The van der Waals surface area contributed by atoms with Gasteiger partial charge in [0.1, 0.15) is 18.1 Å². The third-order valence-corrected chi connectivity index (χ3v) is 4.76. The number of halogens is 2. The molecule has 0 heterocycles. The van der Waals surface area contributed by atoms with Crippen LogP contribution in [0.1, 0.15) is 21.5 Å². The Balaban J connectivity index is 1.80. The normalized spacial score (nSPS) is 10.4. The standard InChI is InChI=1S/C22H19Cl2NO3/c1-14-5-3-4-6-20(14)28-13-16-11-15(7-10-21(16)27-2)22(26)25-19-12-17(23)8-9-18(19)24/h3-12H,13H2,1-2H3,(H,25,26). The number of methoxy groups -OCH3 is 1. The molecule has 0 aromatic heterocycles. The lowest BCUT2D eigenvalue weighted by atomic mass is 10.1. The minimum atomic E-state index is -0.302. The minimum Gasteiger partial charge on any atom is -0.496 e. The van der Waals surface area contributed by atoms with Gasteiger partial charge in [-0.25, -0.2) is 0 Å². The lowest BCUT2D eigenvalue weighted by Gasteiger charge is -2.14. The summed E-state index contributed by atoms with van der Waals surface area (Å²) in [5.74, 6) is 1.13. The summed E-state index contributed by atoms with van der Waals surface area (Å²) >= 11 is 12.1. The zero-order chi connectivity index (χ0) is 20.1. The van der Waals surface area contributed by atoms with Gasteiger partial charge in [-0.2, -0.15) is 0 Å². The van der Waals surface area contributed by atoms with Gasteiger partial charge < -0.3 is 14.8 Å². The van der Waals surface area contributed by atoms with E-state index in [1.54, 1.807) is 43.5 Å². The van der Waals surface area contributed by atoms with Crippen molar-refractivity contribution in [2.24, 2.45) is 0 Å². The molecule has 1 amide bonds. The molecular weight excluding hydrogens is 397 g/mol. The zero-order valence-electron chi connectivity index (χ0n) is 15.5. The van der Waals surface area contributed by atoms with Gasteiger partial charge >= 0.3 is 0 Å². The molecule has 6 heteroatoms. The maximum atomic E-state index is 12.7. The molecule has 0 aliphatic carbocycles. The Labute approximate surface area is 174 Å². The molecule has 3 aromatic rings. The number of para-hydroxylation sites is 1. The highest BCUT2D eigenvalue weighted by Gasteiger charge is 2.13. The number of anilines is 1. The fourth-order valence-corrected chi connectivity index (χ4v) is 3.03. The van der Waals surface area contributed by atoms with Crippen molar-refractivity contribution >= 4 is 34.8 Å². The molecule has 0 saturated carbocycles. The molecule has 0 aliphatic heterocycles. The second-order valence-electron chi connectivity index (χ2n) is 6.16. The van der Waals surface area contributed by atoms with Crippen molar-refractivity contribution < 1.29 is 14.3 Å². The molecule has 3 aromatic carbocycles. The molecule has 0 saturated heterocycles. The number of nitrogens with one attached hydrogen (secondary N) is 1. The van der Waals surface area contributed by atoms with Crippen LogP contribution >= 0.6 is 23.2 Å². The van der Waals surface area contributed by atoms with Crippen molar-refractivity contribution in [1.82, 2.24) is 0 Å². The molecule has 0 bridgehead atoms. The lowest BCUT2D eigenvalue weighted by Crippen LogP contribution is -2.13. The van der Waals surface area contributed by atoms with Crippen LogP contribution in [-0.4, -0.2) is 13.0 Å². The van der Waals surface area contributed by atoms with E-state index < -0.39 is 0 Å². The molecule has 4 nitrogen and oxygen atoms in total. The number of carbonyl (C=O) groups excluding carboxylic acids is 1. The summed E-state index contributed by atoms with van der Waals surface area (Å²) in [7, 11) is 1.58. The Morgan fingerprint density at radius 1 is 1.00 bits per heavy atom. The Hall–Kier alpha value is -2.69. The van der Waals surface area contributed by atoms with Crippen LogP contribution in [0.4, 0.5) is 5.69 Å². The van der Waals surface area contributed by atoms with Gasteiger partial charge in [0.15, 0.2) is 0 Å². The van der Waals surface area contributed by atoms with Crippen LogP contribution in [0.5, 0.6) is 11.5 Å². The average molecular weight is 416 g/mol. The molecule has 0 spiro atoms. The first-order valence-electron chi connectivity index (χ1n) is 8.59. The van der Waals surface area contributed by atoms with Gasteiger partial charge in [0.05, 0.1) is 17.8 Å². The van der Waals surface area contributed by atoms with Crippen molar-refractivity contribution in [3.05, 3.63) is 87.4 Å². The van der Waals surface area contributed by atoms with Gasteiger partial charge in [-0.1, -0.05) is 41.4 Å². The van der Waals surface area contributed by atoms with E-state index in [0.717, 1.165) is 16.9 Å². The molecule has 3 rings (SSSR count). The monoisotopic (exact) mass is 415 g/mol. The fourth-order valence-electron chi connectivity index (χ4n) is 2.69. The first-order chi connectivity index (χ1) is 13.5. The number of carbonyl (C=O) groups is 1. The topological polar surface area (TPSA) is 47.6 Å². The second-order valence-corrected chi connectivity index (χ2v) is 7.00. The Bertz CT molecular complexity index is 1000. The minimum absolute atomic E-state index is 0.271. The highest BCUT2D eigenvalue weighted by atomic mass is 35.5. The van der Waals surface area contributed by atoms with Crippen LogP contribution in [0, 0.1) is 6.92 Å². The number of amides is 1. The first-order valence-corrected chi connectivity index (χ1v) is 9.35. The third kappa shape index (κ3) is 4.77. The van der Waals surface area contributed by atoms with Gasteiger partial charge in [-0.3, -0.25) is 4.79 Å². The number of aryl methyl sites for hydroxylation is 1. The summed E-state index contributed by atoms with van der Waals surface area (Å²) < 4.78 is 11.3. The van der Waals surface area contributed by atoms with Gasteiger partial charge in [0, 0.05) is 16.1 Å². The summed E-state index contributed by atoms with van der Waals surface area (Å²) in [6.07, 6.45) is 0. The van der Waals surface area contributed by atoms with E-state index in [1.807, 2.05) is 31.2 Å². The maximum Gasteiger partial charge on any atom is 0.255 e. The van der Waals surface area contributed by atoms with E-state index in [1.165, 1.54) is 0 Å². The molecule has 144 valence electrons. The highest BCUT2D eigenvalue weighted by Crippen LogP contribution is 2.27. The smallest absolute Gasteiger partial charge is 0.255 e. The van der Waals surface area contributed by atoms with Crippen molar-refractivity contribution in [1.29, 1.82) is 0 Å². The summed E-state index contributed by atoms with van der Waals surface area (Å²) in [6.45, 7) is 2.25. The summed E-state index contributed by atoms with van der Waals surface area (Å²) in [6, 6.07) is 17.8. The van der Waals surface area contributed by atoms with E-state index in [0.29, 0.717) is 27.0 Å². The van der Waals surface area contributed by atoms with E-state index in [9.17, 15) is 4.79 Å². The van der Waals surface area contributed by atoms with Crippen molar-refractivity contribution in [2.45, 2.75) is 13.5 Å². The molecule has 0 atom stereocenters. The van der Waals surface area contributed by atoms with E-state index >= 15 is 0 Å². The largest absolute Gasteiger partial charge is 0.496 e. The van der Waals surface area contributed by atoms with Gasteiger partial charge in [0.25, 0.3) is 5.91 Å². The second kappa shape index (κ2) is 9.00. The molecule has 0 aliphatic rings. The van der Waals surface area contributed by atoms with Crippen LogP contribution in [0.3, 0.4) is 0 Å². The molecule has 0 unspecified atom stereocenters. The van der Waals surface area contributed by atoms with Crippen LogP contribution in [0.15, 0.2) is 60.7 Å². The molecule has 1 N–H and O–H groups in total. The highest BCUT2D eigenvalue weighted by molar-refractivity contribution is 6.35. The molecule has 0 fully saturated rings. The molecular formula is C22H19Cl2NO3. The number of benzene rings is 3. The number of hydrogen-bond acceptors (Lipinski definition) is 3. The van der Waals surface area contributed by atoms with Crippen LogP contribution in [0.25, 0.3) is 0 Å². The first kappa shape index (κ1) is 20.1. The van der Waals surface area contributed by atoms with Crippen molar-refractivity contribution in [2.75, 3.05) is 12.4 Å². The van der Waals surface area contributed by atoms with Gasteiger partial charge in [0.2, 0.25) is 0 Å². The predicted octanol–water partition coefficient (Wildman–Crippen LogP) is 6.14.